The van der Waals surface area contributed by atoms with E-state index in [9.17, 15) is 0 Å². The third kappa shape index (κ3) is 4.62. The Kier molecular flexibility index (Phi) is 6.02. The van der Waals surface area contributed by atoms with Crippen LogP contribution in [0, 0.1) is 0 Å². The fourth-order valence-corrected chi connectivity index (χ4v) is 2.36. The van der Waals surface area contributed by atoms with Gasteiger partial charge in [-0.1, -0.05) is 13.0 Å². The zero-order chi connectivity index (χ0) is 14.2. The molecule has 0 radical (unpaired) electrons. The highest BCUT2D eigenvalue weighted by Crippen LogP contribution is 2.26. The summed E-state index contributed by atoms with van der Waals surface area (Å²) in [5.74, 6) is 0.862. The van der Waals surface area contributed by atoms with Gasteiger partial charge in [-0.05, 0) is 64.3 Å². The maximum Gasteiger partial charge on any atom is 0.134 e. The van der Waals surface area contributed by atoms with Gasteiger partial charge in [0.15, 0.2) is 0 Å². The van der Waals surface area contributed by atoms with Gasteiger partial charge >= 0.3 is 0 Å². The van der Waals surface area contributed by atoms with Crippen molar-refractivity contribution < 1.29 is 4.74 Å². The van der Waals surface area contributed by atoms with Crippen LogP contribution in [0.15, 0.2) is 47.2 Å². The minimum Gasteiger partial charge on any atom is -0.488 e. The zero-order valence-corrected chi connectivity index (χ0v) is 13.2. The Labute approximate surface area is 128 Å². The van der Waals surface area contributed by atoms with E-state index in [-0.39, 0.29) is 0 Å². The Morgan fingerprint density at radius 2 is 1.95 bits per heavy atom. The van der Waals surface area contributed by atoms with Crippen molar-refractivity contribution >= 4 is 15.9 Å². The summed E-state index contributed by atoms with van der Waals surface area (Å²) >= 11 is 3.56. The summed E-state index contributed by atoms with van der Waals surface area (Å²) < 4.78 is 6.80. The van der Waals surface area contributed by atoms with Gasteiger partial charge in [0.05, 0.1) is 4.47 Å². The first-order valence-corrected chi connectivity index (χ1v) is 7.59. The van der Waals surface area contributed by atoms with Crippen molar-refractivity contribution in [2.45, 2.75) is 26.5 Å². The monoisotopic (exact) mass is 334 g/mol. The number of pyridine rings is 1. The molecule has 0 unspecified atom stereocenters. The van der Waals surface area contributed by atoms with E-state index in [0.717, 1.165) is 35.3 Å². The molecule has 0 amide bonds. The summed E-state index contributed by atoms with van der Waals surface area (Å²) in [6.07, 6.45) is 4.70. The molecule has 0 atom stereocenters. The lowest BCUT2D eigenvalue weighted by Crippen LogP contribution is -2.13. The minimum atomic E-state index is 0.550. The first kappa shape index (κ1) is 15.0. The van der Waals surface area contributed by atoms with Gasteiger partial charge in [0.1, 0.15) is 12.4 Å². The summed E-state index contributed by atoms with van der Waals surface area (Å²) in [4.78, 5) is 3.99. The first-order chi connectivity index (χ1) is 9.79. The van der Waals surface area contributed by atoms with E-state index in [2.05, 4.69) is 45.3 Å². The number of halogens is 1. The maximum atomic E-state index is 5.81. The lowest BCUT2D eigenvalue weighted by atomic mass is 10.2. The lowest BCUT2D eigenvalue weighted by Gasteiger charge is -2.10. The standard InChI is InChI=1S/C16H19BrN2O/c1-2-7-19-11-14-3-4-16(15(17)10-14)20-12-13-5-8-18-9-6-13/h3-6,8-10,19H,2,7,11-12H2,1H3. The molecule has 1 aromatic carbocycles. The van der Waals surface area contributed by atoms with Gasteiger partial charge in [-0.15, -0.1) is 0 Å². The fourth-order valence-electron chi connectivity index (χ4n) is 1.82. The van der Waals surface area contributed by atoms with Crippen LogP contribution in [0.3, 0.4) is 0 Å². The van der Waals surface area contributed by atoms with Crippen LogP contribution in [-0.4, -0.2) is 11.5 Å². The predicted molar refractivity (Wildman–Crippen MR) is 84.7 cm³/mol. The molecule has 0 spiro atoms. The highest BCUT2D eigenvalue weighted by molar-refractivity contribution is 9.10. The summed E-state index contributed by atoms with van der Waals surface area (Å²) in [6, 6.07) is 10.1. The van der Waals surface area contributed by atoms with Crippen LogP contribution in [0.1, 0.15) is 24.5 Å². The molecule has 4 heteroatoms. The molecular weight excluding hydrogens is 316 g/mol. The van der Waals surface area contributed by atoms with Gasteiger partial charge in [-0.3, -0.25) is 4.98 Å². The van der Waals surface area contributed by atoms with Crippen molar-refractivity contribution in [2.24, 2.45) is 0 Å². The van der Waals surface area contributed by atoms with Gasteiger partial charge < -0.3 is 10.1 Å². The van der Waals surface area contributed by atoms with Gasteiger partial charge in [-0.2, -0.15) is 0 Å². The van der Waals surface area contributed by atoms with E-state index in [1.54, 1.807) is 12.4 Å². The van der Waals surface area contributed by atoms with Crippen LogP contribution in [-0.2, 0) is 13.2 Å². The van der Waals surface area contributed by atoms with Crippen LogP contribution < -0.4 is 10.1 Å². The molecule has 2 aromatic rings. The van der Waals surface area contributed by atoms with Crippen LogP contribution in [0.25, 0.3) is 0 Å². The molecular formula is C16H19BrN2O. The van der Waals surface area contributed by atoms with Crippen LogP contribution in [0.4, 0.5) is 0 Å². The third-order valence-corrected chi connectivity index (χ3v) is 3.52. The van der Waals surface area contributed by atoms with E-state index < -0.39 is 0 Å². The number of nitrogens with one attached hydrogen (secondary N) is 1. The second-order valence-electron chi connectivity index (χ2n) is 4.59. The quantitative estimate of drug-likeness (QED) is 0.779. The summed E-state index contributed by atoms with van der Waals surface area (Å²) in [5, 5.41) is 3.39. The Morgan fingerprint density at radius 3 is 2.65 bits per heavy atom. The summed E-state index contributed by atoms with van der Waals surface area (Å²) in [6.45, 7) is 4.64. The average molecular weight is 335 g/mol. The highest BCUT2D eigenvalue weighted by atomic mass is 79.9. The molecule has 0 saturated carbocycles. The van der Waals surface area contributed by atoms with Gasteiger partial charge in [0.25, 0.3) is 0 Å². The fraction of sp³-hybridized carbons (Fsp3) is 0.312. The smallest absolute Gasteiger partial charge is 0.134 e. The number of aromatic nitrogens is 1. The van der Waals surface area contributed by atoms with Crippen molar-refractivity contribution in [1.29, 1.82) is 0 Å². The van der Waals surface area contributed by atoms with E-state index in [1.165, 1.54) is 5.56 Å². The molecule has 0 aliphatic carbocycles. The Bertz CT molecular complexity index is 531. The molecule has 1 heterocycles. The lowest BCUT2D eigenvalue weighted by molar-refractivity contribution is 0.304. The second kappa shape index (κ2) is 8.02. The second-order valence-corrected chi connectivity index (χ2v) is 5.44. The van der Waals surface area contributed by atoms with Crippen LogP contribution >= 0.6 is 15.9 Å². The zero-order valence-electron chi connectivity index (χ0n) is 11.6. The molecule has 0 aliphatic heterocycles. The highest BCUT2D eigenvalue weighted by Gasteiger charge is 2.03. The van der Waals surface area contributed by atoms with Crippen molar-refractivity contribution in [1.82, 2.24) is 10.3 Å². The number of hydrogen-bond acceptors (Lipinski definition) is 3. The van der Waals surface area contributed by atoms with Crippen LogP contribution in [0.5, 0.6) is 5.75 Å². The van der Waals surface area contributed by atoms with E-state index in [0.29, 0.717) is 6.61 Å². The molecule has 3 nitrogen and oxygen atoms in total. The van der Waals surface area contributed by atoms with E-state index in [1.807, 2.05) is 18.2 Å². The first-order valence-electron chi connectivity index (χ1n) is 6.80. The van der Waals surface area contributed by atoms with E-state index in [4.69, 9.17) is 4.74 Å². The minimum absolute atomic E-state index is 0.550. The van der Waals surface area contributed by atoms with Gasteiger partial charge in [0.2, 0.25) is 0 Å². The Morgan fingerprint density at radius 1 is 1.15 bits per heavy atom. The van der Waals surface area contributed by atoms with Crippen molar-refractivity contribution in [3.8, 4) is 5.75 Å². The van der Waals surface area contributed by atoms with Crippen molar-refractivity contribution in [3.05, 3.63) is 58.3 Å². The number of ether oxygens (including phenoxy) is 1. The molecule has 106 valence electrons. The number of hydrogen-bond donors (Lipinski definition) is 1. The summed E-state index contributed by atoms with van der Waals surface area (Å²) in [7, 11) is 0. The average Bonchev–Trinajstić information content (AvgIpc) is 2.48. The maximum absolute atomic E-state index is 5.81. The molecule has 0 aliphatic rings. The van der Waals surface area contributed by atoms with E-state index >= 15 is 0 Å². The number of nitrogens with zero attached hydrogens (tertiary/aromatic N) is 1. The third-order valence-electron chi connectivity index (χ3n) is 2.90. The topological polar surface area (TPSA) is 34.1 Å². The molecule has 0 saturated heterocycles. The van der Waals surface area contributed by atoms with Crippen molar-refractivity contribution in [3.63, 3.8) is 0 Å². The molecule has 0 fully saturated rings. The van der Waals surface area contributed by atoms with Crippen LogP contribution in [0.2, 0.25) is 0 Å². The summed E-state index contributed by atoms with van der Waals surface area (Å²) in [5.41, 5.74) is 2.36. The predicted octanol–water partition coefficient (Wildman–Crippen LogP) is 3.92. The number of benzene rings is 1. The SMILES string of the molecule is CCCNCc1ccc(OCc2ccncc2)c(Br)c1. The molecule has 2 rings (SSSR count). The Hall–Kier alpha value is -1.39. The normalized spacial score (nSPS) is 10.5. The molecule has 0 bridgehead atoms. The van der Waals surface area contributed by atoms with Gasteiger partial charge in [-0.25, -0.2) is 0 Å². The number of rotatable bonds is 7. The molecule has 1 aromatic heterocycles. The Balaban J connectivity index is 1.92. The molecule has 1 N–H and O–H groups in total. The van der Waals surface area contributed by atoms with Crippen molar-refractivity contribution in [2.75, 3.05) is 6.54 Å². The van der Waals surface area contributed by atoms with Gasteiger partial charge in [0, 0.05) is 18.9 Å². The largest absolute Gasteiger partial charge is 0.488 e. The molecule has 20 heavy (non-hydrogen) atoms.